The van der Waals surface area contributed by atoms with Gasteiger partial charge in [0.25, 0.3) is 5.91 Å². The fourth-order valence-electron chi connectivity index (χ4n) is 6.56. The molecule has 1 unspecified atom stereocenters. The molecule has 0 aliphatic carbocycles. The Bertz CT molecular complexity index is 1510. The van der Waals surface area contributed by atoms with Gasteiger partial charge in [0, 0.05) is 18.0 Å². The van der Waals surface area contributed by atoms with Crippen LogP contribution in [0.15, 0.2) is 78.9 Å². The molecule has 3 amide bonds. The lowest BCUT2D eigenvalue weighted by Crippen LogP contribution is -2.45. The number of ether oxygens (including phenoxy) is 3. The number of nitrogens with one attached hydrogen (secondary N) is 1. The number of imide groups is 1. The van der Waals surface area contributed by atoms with Crippen molar-refractivity contribution in [3.05, 3.63) is 107 Å². The van der Waals surface area contributed by atoms with Gasteiger partial charge in [-0.2, -0.15) is 0 Å². The summed E-state index contributed by atoms with van der Waals surface area (Å²) in [4.78, 5) is 41.8. The van der Waals surface area contributed by atoms with E-state index in [0.29, 0.717) is 0 Å². The van der Waals surface area contributed by atoms with Crippen molar-refractivity contribution in [1.29, 1.82) is 0 Å². The molecule has 3 saturated heterocycles. The zero-order valence-electron chi connectivity index (χ0n) is 26.8. The number of amides is 3. The second-order valence-corrected chi connectivity index (χ2v) is 12.7. The van der Waals surface area contributed by atoms with Crippen LogP contribution in [0.25, 0.3) is 0 Å². The second kappa shape index (κ2) is 15.2. The first-order valence-electron chi connectivity index (χ1n) is 16.5. The molecule has 10 heteroatoms. The predicted octanol–water partition coefficient (Wildman–Crippen LogP) is 5.01. The molecule has 5 atom stereocenters. The molecule has 2 N–H and O–H groups in total. The number of carbonyl (C=O) groups is 3. The van der Waals surface area contributed by atoms with E-state index in [4.69, 9.17) is 14.2 Å². The molecule has 6 rings (SSSR count). The zero-order valence-corrected chi connectivity index (χ0v) is 26.8. The Labute approximate surface area is 275 Å². The third-order valence-electron chi connectivity index (χ3n) is 9.35. The minimum Gasteiger partial charge on any atom is -0.445 e. The van der Waals surface area contributed by atoms with Gasteiger partial charge < -0.3 is 29.5 Å². The number of aliphatic hydroxyl groups excluding tert-OH is 1. The molecule has 10 nitrogen and oxygen atoms in total. The molecule has 0 radical (unpaired) electrons. The highest BCUT2D eigenvalue weighted by molar-refractivity contribution is 6.06. The number of piperidine rings is 1. The molecule has 248 valence electrons. The van der Waals surface area contributed by atoms with Crippen LogP contribution in [0.3, 0.4) is 0 Å². The Kier molecular flexibility index (Phi) is 10.6. The van der Waals surface area contributed by atoms with Crippen LogP contribution in [-0.2, 0) is 43.6 Å². The maximum Gasteiger partial charge on any atom is 0.408 e. The summed E-state index contributed by atoms with van der Waals surface area (Å²) in [5.41, 5.74) is 4.34. The Balaban J connectivity index is 1.10. The van der Waals surface area contributed by atoms with E-state index in [1.165, 1.54) is 24.2 Å². The first kappa shape index (κ1) is 32.8. The number of alkyl carbamates (subject to hydrolysis) is 1. The highest BCUT2D eigenvalue weighted by Gasteiger charge is 2.41. The Hall–Kier alpha value is -4.09. The second-order valence-electron chi connectivity index (χ2n) is 12.7. The highest BCUT2D eigenvalue weighted by Crippen LogP contribution is 2.42. The van der Waals surface area contributed by atoms with Crippen LogP contribution < -0.4 is 5.32 Å². The lowest BCUT2D eigenvalue weighted by Gasteiger charge is -2.43. The van der Waals surface area contributed by atoms with Crippen molar-refractivity contribution in [3.63, 3.8) is 0 Å². The Morgan fingerprint density at radius 3 is 2.26 bits per heavy atom. The lowest BCUT2D eigenvalue weighted by atomic mass is 9.89. The predicted molar refractivity (Wildman–Crippen MR) is 173 cm³/mol. The van der Waals surface area contributed by atoms with Gasteiger partial charge in [-0.05, 0) is 48.2 Å². The standard InChI is InChI=1S/C37H43N3O7/c1-25-32(22-39-18-6-3-7-19-39)46-36(47-34(25)29-14-12-27(23-41)13-15-29)30-16-10-26(11-17-30)21-40-33(42)20-31(35(40)43)38-37(44)45-24-28-8-4-2-5-9-28/h2,4-5,8-17,25,31-32,34,36,41H,3,6-7,18-24H2,1H3,(H,38,44)/t25-,31?,32+,34+,36+/m0/s1. The van der Waals surface area contributed by atoms with E-state index in [9.17, 15) is 19.5 Å². The van der Waals surface area contributed by atoms with Crippen LogP contribution in [0.1, 0.15) is 72.8 Å². The smallest absolute Gasteiger partial charge is 0.408 e. The van der Waals surface area contributed by atoms with E-state index in [2.05, 4.69) is 17.1 Å². The van der Waals surface area contributed by atoms with E-state index in [-0.39, 0.29) is 50.2 Å². The SMILES string of the molecule is C[C@H]1[C@@H](CN2CCCCC2)O[C@@H](c2ccc(CN3C(=O)CC(NC(=O)OCc4ccccc4)C3=O)cc2)O[C@H]1c1ccc(CO)cc1. The number of rotatable bonds is 10. The molecule has 0 bridgehead atoms. The molecule has 0 saturated carbocycles. The topological polar surface area (TPSA) is 118 Å². The number of aliphatic hydroxyl groups is 1. The van der Waals surface area contributed by atoms with E-state index < -0.39 is 24.3 Å². The van der Waals surface area contributed by atoms with Gasteiger partial charge in [0.15, 0.2) is 6.29 Å². The normalized spacial score (nSPS) is 25.1. The zero-order chi connectivity index (χ0) is 32.8. The van der Waals surface area contributed by atoms with E-state index in [1.54, 1.807) is 0 Å². The first-order chi connectivity index (χ1) is 22.9. The Morgan fingerprint density at radius 1 is 0.872 bits per heavy atom. The number of benzene rings is 3. The van der Waals surface area contributed by atoms with Crippen molar-refractivity contribution in [2.75, 3.05) is 19.6 Å². The summed E-state index contributed by atoms with van der Waals surface area (Å²) in [5, 5.41) is 12.1. The van der Waals surface area contributed by atoms with Crippen molar-refractivity contribution in [2.45, 2.75) is 76.9 Å². The third kappa shape index (κ3) is 8.08. The van der Waals surface area contributed by atoms with Gasteiger partial charge in [-0.15, -0.1) is 0 Å². The quantitative estimate of drug-likeness (QED) is 0.297. The largest absolute Gasteiger partial charge is 0.445 e. The monoisotopic (exact) mass is 641 g/mol. The minimum atomic E-state index is -0.962. The molecule has 3 fully saturated rings. The van der Waals surface area contributed by atoms with Gasteiger partial charge in [0.05, 0.1) is 31.8 Å². The molecular weight excluding hydrogens is 598 g/mol. The van der Waals surface area contributed by atoms with Gasteiger partial charge in [0.2, 0.25) is 5.91 Å². The average Bonchev–Trinajstić information content (AvgIpc) is 3.36. The molecule has 3 aromatic rings. The number of carbonyl (C=O) groups excluding carboxylic acids is 3. The Morgan fingerprint density at radius 2 is 1.55 bits per heavy atom. The van der Waals surface area contributed by atoms with Gasteiger partial charge in [-0.25, -0.2) is 4.79 Å². The van der Waals surface area contributed by atoms with Crippen molar-refractivity contribution < 1.29 is 33.7 Å². The average molecular weight is 642 g/mol. The summed E-state index contributed by atoms with van der Waals surface area (Å²) in [6.07, 6.45) is 1.98. The number of hydrogen-bond acceptors (Lipinski definition) is 8. The van der Waals surface area contributed by atoms with Gasteiger partial charge in [-0.1, -0.05) is 92.2 Å². The molecule has 0 spiro atoms. The first-order valence-corrected chi connectivity index (χ1v) is 16.5. The number of likely N-dealkylation sites (tertiary alicyclic amines) is 2. The van der Waals surface area contributed by atoms with Crippen LogP contribution in [0, 0.1) is 5.92 Å². The molecule has 47 heavy (non-hydrogen) atoms. The third-order valence-corrected chi connectivity index (χ3v) is 9.35. The molecule has 3 aliphatic heterocycles. The van der Waals surface area contributed by atoms with Gasteiger partial charge >= 0.3 is 6.09 Å². The van der Waals surface area contributed by atoms with Crippen molar-refractivity contribution in [2.24, 2.45) is 5.92 Å². The van der Waals surface area contributed by atoms with Gasteiger partial charge in [-0.3, -0.25) is 14.5 Å². The lowest BCUT2D eigenvalue weighted by molar-refractivity contribution is -0.276. The molecule has 3 aliphatic rings. The van der Waals surface area contributed by atoms with Crippen LogP contribution in [0.4, 0.5) is 4.79 Å². The van der Waals surface area contributed by atoms with Crippen molar-refractivity contribution >= 4 is 17.9 Å². The van der Waals surface area contributed by atoms with E-state index in [0.717, 1.165) is 47.5 Å². The maximum atomic E-state index is 13.1. The van der Waals surface area contributed by atoms with Crippen molar-refractivity contribution in [3.8, 4) is 0 Å². The summed E-state index contributed by atoms with van der Waals surface area (Å²) in [7, 11) is 0. The summed E-state index contributed by atoms with van der Waals surface area (Å²) >= 11 is 0. The fourth-order valence-corrected chi connectivity index (χ4v) is 6.56. The van der Waals surface area contributed by atoms with Crippen LogP contribution >= 0.6 is 0 Å². The molecule has 0 aromatic heterocycles. The highest BCUT2D eigenvalue weighted by atomic mass is 16.7. The van der Waals surface area contributed by atoms with E-state index >= 15 is 0 Å². The molecule has 3 heterocycles. The summed E-state index contributed by atoms with van der Waals surface area (Å²) in [6, 6.07) is 23.8. The van der Waals surface area contributed by atoms with Crippen LogP contribution in [-0.4, -0.2) is 64.6 Å². The molecule has 3 aromatic carbocycles. The van der Waals surface area contributed by atoms with Gasteiger partial charge in [0.1, 0.15) is 12.6 Å². The minimum absolute atomic E-state index is 0.00981. The number of hydrogen-bond donors (Lipinski definition) is 2. The van der Waals surface area contributed by atoms with E-state index in [1.807, 2.05) is 78.9 Å². The molecular formula is C37H43N3O7. The summed E-state index contributed by atoms with van der Waals surface area (Å²) in [6.45, 7) is 5.30. The van der Waals surface area contributed by atoms with Crippen LogP contribution in [0.5, 0.6) is 0 Å². The number of nitrogens with zero attached hydrogens (tertiary/aromatic N) is 2. The summed E-state index contributed by atoms with van der Waals surface area (Å²) in [5.74, 6) is -0.702. The van der Waals surface area contributed by atoms with Crippen LogP contribution in [0.2, 0.25) is 0 Å². The van der Waals surface area contributed by atoms with Crippen molar-refractivity contribution in [1.82, 2.24) is 15.1 Å². The fraction of sp³-hybridized carbons (Fsp3) is 0.432. The summed E-state index contributed by atoms with van der Waals surface area (Å²) < 4.78 is 18.4. The maximum absolute atomic E-state index is 13.1.